The first-order valence-electron chi connectivity index (χ1n) is 6.21. The van der Waals surface area contributed by atoms with Crippen molar-refractivity contribution in [1.29, 1.82) is 0 Å². The molecule has 1 aromatic carbocycles. The Morgan fingerprint density at radius 3 is 2.60 bits per heavy atom. The van der Waals surface area contributed by atoms with E-state index in [1.54, 1.807) is 45.2 Å². The lowest BCUT2D eigenvalue weighted by atomic mass is 10.1. The Hall–Kier alpha value is -1.75. The van der Waals surface area contributed by atoms with Crippen LogP contribution in [0.1, 0.15) is 13.8 Å². The highest BCUT2D eigenvalue weighted by Crippen LogP contribution is 2.18. The van der Waals surface area contributed by atoms with Crippen molar-refractivity contribution in [2.75, 3.05) is 13.6 Å². The van der Waals surface area contributed by atoms with Gasteiger partial charge in [-0.15, -0.1) is 0 Å². The summed E-state index contributed by atoms with van der Waals surface area (Å²) < 4.78 is 5.50. The largest absolute Gasteiger partial charge is 0.481 e. The van der Waals surface area contributed by atoms with Crippen LogP contribution in [0.3, 0.4) is 0 Å². The molecule has 1 aromatic rings. The van der Waals surface area contributed by atoms with Gasteiger partial charge >= 0.3 is 5.97 Å². The monoisotopic (exact) mass is 299 g/mol. The fourth-order valence-corrected chi connectivity index (χ4v) is 1.86. The standard InChI is InChI=1S/C14H18ClNO4/c1-9(14(18)19)8-16(3)13(17)10(2)20-12-6-4-5-11(15)7-12/h4-7,9-10H,8H2,1-3H3,(H,18,19)/t9-,10+/m1/s1. The van der Waals surface area contributed by atoms with Crippen molar-refractivity contribution < 1.29 is 19.4 Å². The summed E-state index contributed by atoms with van der Waals surface area (Å²) in [5, 5.41) is 9.36. The van der Waals surface area contributed by atoms with E-state index < -0.39 is 18.0 Å². The van der Waals surface area contributed by atoms with Gasteiger partial charge in [0, 0.05) is 18.6 Å². The lowest BCUT2D eigenvalue weighted by molar-refractivity contribution is -0.144. The summed E-state index contributed by atoms with van der Waals surface area (Å²) >= 11 is 5.83. The van der Waals surface area contributed by atoms with Gasteiger partial charge in [0.2, 0.25) is 0 Å². The van der Waals surface area contributed by atoms with Gasteiger partial charge in [-0.3, -0.25) is 9.59 Å². The van der Waals surface area contributed by atoms with Crippen LogP contribution in [-0.2, 0) is 9.59 Å². The van der Waals surface area contributed by atoms with E-state index in [4.69, 9.17) is 21.4 Å². The number of carbonyl (C=O) groups excluding carboxylic acids is 1. The molecule has 0 bridgehead atoms. The number of ether oxygens (including phenoxy) is 1. The fraction of sp³-hybridized carbons (Fsp3) is 0.429. The lowest BCUT2D eigenvalue weighted by Gasteiger charge is -2.23. The molecule has 110 valence electrons. The first kappa shape index (κ1) is 16.3. The average molecular weight is 300 g/mol. The van der Waals surface area contributed by atoms with E-state index in [0.29, 0.717) is 10.8 Å². The molecule has 6 heteroatoms. The van der Waals surface area contributed by atoms with Crippen LogP contribution >= 0.6 is 11.6 Å². The Balaban J connectivity index is 2.60. The Bertz CT molecular complexity index is 492. The summed E-state index contributed by atoms with van der Waals surface area (Å²) in [6.45, 7) is 3.30. The molecular formula is C14H18ClNO4. The van der Waals surface area contributed by atoms with Crippen LogP contribution in [-0.4, -0.2) is 41.6 Å². The van der Waals surface area contributed by atoms with E-state index in [1.807, 2.05) is 0 Å². The molecular weight excluding hydrogens is 282 g/mol. The number of likely N-dealkylation sites (N-methyl/N-ethyl adjacent to an activating group) is 1. The van der Waals surface area contributed by atoms with Crippen molar-refractivity contribution in [2.45, 2.75) is 20.0 Å². The number of halogens is 1. The summed E-state index contributed by atoms with van der Waals surface area (Å²) in [7, 11) is 1.56. The van der Waals surface area contributed by atoms with E-state index in [2.05, 4.69) is 0 Å². The average Bonchev–Trinajstić information content (AvgIpc) is 2.37. The lowest BCUT2D eigenvalue weighted by Crippen LogP contribution is -2.41. The van der Waals surface area contributed by atoms with Gasteiger partial charge in [-0.1, -0.05) is 24.6 Å². The van der Waals surface area contributed by atoms with Gasteiger partial charge in [0.15, 0.2) is 6.10 Å². The van der Waals surface area contributed by atoms with E-state index in [1.165, 1.54) is 4.90 Å². The number of carbonyl (C=O) groups is 2. The molecule has 1 rings (SSSR count). The van der Waals surface area contributed by atoms with Crippen molar-refractivity contribution >= 4 is 23.5 Å². The van der Waals surface area contributed by atoms with Crippen molar-refractivity contribution in [1.82, 2.24) is 4.90 Å². The Morgan fingerprint density at radius 2 is 2.05 bits per heavy atom. The van der Waals surface area contributed by atoms with Gasteiger partial charge in [0.25, 0.3) is 5.91 Å². The van der Waals surface area contributed by atoms with Gasteiger partial charge in [-0.2, -0.15) is 0 Å². The molecule has 0 aliphatic carbocycles. The van der Waals surface area contributed by atoms with Crippen molar-refractivity contribution in [2.24, 2.45) is 5.92 Å². The molecule has 5 nitrogen and oxygen atoms in total. The molecule has 1 N–H and O–H groups in total. The zero-order valence-corrected chi connectivity index (χ0v) is 12.4. The fourth-order valence-electron chi connectivity index (χ4n) is 1.68. The van der Waals surface area contributed by atoms with Gasteiger partial charge in [0.05, 0.1) is 5.92 Å². The maximum Gasteiger partial charge on any atom is 0.308 e. The van der Waals surface area contributed by atoms with Crippen molar-refractivity contribution in [3.05, 3.63) is 29.3 Å². The normalized spacial score (nSPS) is 13.4. The highest BCUT2D eigenvalue weighted by Gasteiger charge is 2.22. The van der Waals surface area contributed by atoms with Crippen LogP contribution in [0.15, 0.2) is 24.3 Å². The summed E-state index contributed by atoms with van der Waals surface area (Å²) in [6, 6.07) is 6.76. The predicted molar refractivity (Wildman–Crippen MR) is 76.0 cm³/mol. The molecule has 0 aromatic heterocycles. The SMILES string of the molecule is C[C@H](CN(C)C(=O)[C@H](C)Oc1cccc(Cl)c1)C(=O)O. The van der Waals surface area contributed by atoms with E-state index >= 15 is 0 Å². The molecule has 0 aliphatic heterocycles. The van der Waals surface area contributed by atoms with Crippen molar-refractivity contribution in [3.63, 3.8) is 0 Å². The molecule has 0 heterocycles. The zero-order chi connectivity index (χ0) is 15.3. The molecule has 2 atom stereocenters. The Kier molecular flexibility index (Phi) is 5.82. The molecule has 0 fully saturated rings. The first-order valence-corrected chi connectivity index (χ1v) is 6.59. The Labute approximate surface area is 123 Å². The summed E-state index contributed by atoms with van der Waals surface area (Å²) in [4.78, 5) is 24.2. The van der Waals surface area contributed by atoms with E-state index in [-0.39, 0.29) is 12.5 Å². The van der Waals surface area contributed by atoms with Gasteiger partial charge in [-0.05, 0) is 25.1 Å². The van der Waals surface area contributed by atoms with Crippen molar-refractivity contribution in [3.8, 4) is 5.75 Å². The number of hydrogen-bond acceptors (Lipinski definition) is 3. The Morgan fingerprint density at radius 1 is 1.40 bits per heavy atom. The maximum atomic E-state index is 12.1. The van der Waals surface area contributed by atoms with Gasteiger partial charge in [0.1, 0.15) is 5.75 Å². The quantitative estimate of drug-likeness (QED) is 0.875. The summed E-state index contributed by atoms with van der Waals surface area (Å²) in [5.41, 5.74) is 0. The summed E-state index contributed by atoms with van der Waals surface area (Å²) in [5.74, 6) is -1.34. The molecule has 0 aliphatic rings. The minimum absolute atomic E-state index is 0.136. The maximum absolute atomic E-state index is 12.1. The number of aliphatic carboxylic acids is 1. The number of amides is 1. The molecule has 0 saturated heterocycles. The predicted octanol–water partition coefficient (Wildman–Crippen LogP) is 2.29. The minimum Gasteiger partial charge on any atom is -0.481 e. The highest BCUT2D eigenvalue weighted by atomic mass is 35.5. The second-order valence-electron chi connectivity index (χ2n) is 4.68. The third-order valence-electron chi connectivity index (χ3n) is 2.80. The highest BCUT2D eigenvalue weighted by molar-refractivity contribution is 6.30. The van der Waals surface area contributed by atoms with E-state index in [9.17, 15) is 9.59 Å². The second kappa shape index (κ2) is 7.14. The number of carboxylic acid groups (broad SMARTS) is 1. The number of rotatable bonds is 6. The molecule has 20 heavy (non-hydrogen) atoms. The zero-order valence-electron chi connectivity index (χ0n) is 11.7. The van der Waals surface area contributed by atoms with Crippen LogP contribution < -0.4 is 4.74 Å². The molecule has 0 unspecified atom stereocenters. The summed E-state index contributed by atoms with van der Waals surface area (Å²) in [6.07, 6.45) is -0.709. The van der Waals surface area contributed by atoms with Crippen LogP contribution in [0.2, 0.25) is 5.02 Å². The third-order valence-corrected chi connectivity index (χ3v) is 3.04. The smallest absolute Gasteiger partial charge is 0.308 e. The van der Waals surface area contributed by atoms with Gasteiger partial charge in [-0.25, -0.2) is 0 Å². The number of hydrogen-bond donors (Lipinski definition) is 1. The molecule has 0 spiro atoms. The van der Waals surface area contributed by atoms with E-state index in [0.717, 1.165) is 0 Å². The second-order valence-corrected chi connectivity index (χ2v) is 5.11. The number of nitrogens with zero attached hydrogens (tertiary/aromatic N) is 1. The molecule has 0 radical (unpaired) electrons. The van der Waals surface area contributed by atoms with Gasteiger partial charge < -0.3 is 14.7 Å². The minimum atomic E-state index is -0.937. The van der Waals surface area contributed by atoms with Crippen LogP contribution in [0.5, 0.6) is 5.75 Å². The molecule has 1 amide bonds. The first-order chi connectivity index (χ1) is 9.31. The number of benzene rings is 1. The van der Waals surface area contributed by atoms with Crippen LogP contribution in [0.25, 0.3) is 0 Å². The third kappa shape index (κ3) is 4.74. The van der Waals surface area contributed by atoms with Crippen LogP contribution in [0, 0.1) is 5.92 Å². The molecule has 0 saturated carbocycles. The topological polar surface area (TPSA) is 66.8 Å². The van der Waals surface area contributed by atoms with Crippen LogP contribution in [0.4, 0.5) is 0 Å². The number of carboxylic acids is 1.